The minimum Gasteiger partial charge on any atom is -0.453 e. The van der Waals surface area contributed by atoms with Gasteiger partial charge in [0.15, 0.2) is 0 Å². The molecule has 0 radical (unpaired) electrons. The molecule has 0 spiro atoms. The topological polar surface area (TPSA) is 67.8 Å². The highest BCUT2D eigenvalue weighted by Crippen LogP contribution is 1.81. The van der Waals surface area contributed by atoms with Crippen LogP contribution in [0.2, 0.25) is 0 Å². The van der Waals surface area contributed by atoms with Crippen LogP contribution in [0.3, 0.4) is 0 Å². The third kappa shape index (κ3) is 5.63. The van der Waals surface area contributed by atoms with E-state index in [1.807, 2.05) is 0 Å². The van der Waals surface area contributed by atoms with E-state index in [9.17, 15) is 4.79 Å². The molecule has 0 aromatic carbocycles. The van der Waals surface area contributed by atoms with Crippen molar-refractivity contribution in [3.05, 3.63) is 0 Å². The van der Waals surface area contributed by atoms with Crippen molar-refractivity contribution in [2.24, 2.45) is 0 Å². The highest BCUT2D eigenvalue weighted by atomic mass is 16.5. The molecule has 11 heavy (non-hydrogen) atoms. The van der Waals surface area contributed by atoms with Gasteiger partial charge in [0.2, 0.25) is 0 Å². The standard InChI is InChI=1S/C6H13NO4/c1-10-4-5(8)3-7-6(9)11-2/h5,8H,3-4H2,1-2H3,(H,7,9). The summed E-state index contributed by atoms with van der Waals surface area (Å²) < 4.78 is 8.90. The lowest BCUT2D eigenvalue weighted by Crippen LogP contribution is -2.34. The van der Waals surface area contributed by atoms with Gasteiger partial charge in [-0.2, -0.15) is 0 Å². The number of methoxy groups -OCH3 is 2. The van der Waals surface area contributed by atoms with Crippen molar-refractivity contribution in [2.75, 3.05) is 27.4 Å². The molecular weight excluding hydrogens is 150 g/mol. The van der Waals surface area contributed by atoms with Crippen LogP contribution >= 0.6 is 0 Å². The van der Waals surface area contributed by atoms with E-state index in [1.165, 1.54) is 14.2 Å². The third-order valence-corrected chi connectivity index (χ3v) is 1.03. The van der Waals surface area contributed by atoms with Crippen LogP contribution in [-0.4, -0.2) is 44.7 Å². The molecule has 0 bridgehead atoms. The Bertz CT molecular complexity index is 117. The molecule has 0 heterocycles. The SMILES string of the molecule is COCC(O)CNC(=O)OC. The quantitative estimate of drug-likeness (QED) is 0.578. The molecule has 0 fully saturated rings. The van der Waals surface area contributed by atoms with Gasteiger partial charge < -0.3 is 19.9 Å². The molecule has 0 saturated carbocycles. The van der Waals surface area contributed by atoms with Crippen LogP contribution in [0.25, 0.3) is 0 Å². The number of hydrogen-bond acceptors (Lipinski definition) is 4. The second-order valence-electron chi connectivity index (χ2n) is 1.98. The lowest BCUT2D eigenvalue weighted by molar-refractivity contribution is 0.0634. The summed E-state index contributed by atoms with van der Waals surface area (Å²) in [5, 5.41) is 11.3. The van der Waals surface area contributed by atoms with Crippen molar-refractivity contribution in [3.63, 3.8) is 0 Å². The lowest BCUT2D eigenvalue weighted by Gasteiger charge is -2.09. The van der Waals surface area contributed by atoms with Crippen molar-refractivity contribution in [2.45, 2.75) is 6.10 Å². The molecule has 0 aliphatic rings. The fourth-order valence-electron chi connectivity index (χ4n) is 0.525. The van der Waals surface area contributed by atoms with Crippen LogP contribution in [0.4, 0.5) is 4.79 Å². The van der Waals surface area contributed by atoms with Gasteiger partial charge in [-0.3, -0.25) is 0 Å². The molecule has 66 valence electrons. The average molecular weight is 163 g/mol. The first-order valence-corrected chi connectivity index (χ1v) is 3.19. The molecule has 0 saturated heterocycles. The van der Waals surface area contributed by atoms with Gasteiger partial charge in [0, 0.05) is 13.7 Å². The summed E-state index contributed by atoms with van der Waals surface area (Å²) >= 11 is 0. The fraction of sp³-hybridized carbons (Fsp3) is 0.833. The van der Waals surface area contributed by atoms with E-state index in [4.69, 9.17) is 5.11 Å². The summed E-state index contributed by atoms with van der Waals surface area (Å²) in [5.41, 5.74) is 0. The van der Waals surface area contributed by atoms with Crippen LogP contribution in [0.15, 0.2) is 0 Å². The van der Waals surface area contributed by atoms with E-state index in [1.54, 1.807) is 0 Å². The molecular formula is C6H13NO4. The first kappa shape index (κ1) is 10.2. The summed E-state index contributed by atoms with van der Waals surface area (Å²) in [6, 6.07) is 0. The Labute approximate surface area is 65.3 Å². The Balaban J connectivity index is 3.29. The van der Waals surface area contributed by atoms with Crippen molar-refractivity contribution in [1.29, 1.82) is 0 Å². The largest absolute Gasteiger partial charge is 0.453 e. The molecule has 5 nitrogen and oxygen atoms in total. The number of carbonyl (C=O) groups is 1. The number of amides is 1. The highest BCUT2D eigenvalue weighted by Gasteiger charge is 2.04. The molecule has 2 N–H and O–H groups in total. The molecule has 0 aromatic rings. The van der Waals surface area contributed by atoms with Gasteiger partial charge in [0.05, 0.1) is 19.8 Å². The summed E-state index contributed by atoms with van der Waals surface area (Å²) in [7, 11) is 2.74. The molecule has 0 aromatic heterocycles. The molecule has 0 aliphatic carbocycles. The fourth-order valence-corrected chi connectivity index (χ4v) is 0.525. The monoisotopic (exact) mass is 163 g/mol. The Kier molecular flexibility index (Phi) is 5.50. The predicted molar refractivity (Wildman–Crippen MR) is 38.3 cm³/mol. The van der Waals surface area contributed by atoms with E-state index in [-0.39, 0.29) is 13.2 Å². The maximum Gasteiger partial charge on any atom is 0.406 e. The van der Waals surface area contributed by atoms with E-state index >= 15 is 0 Å². The van der Waals surface area contributed by atoms with Crippen molar-refractivity contribution >= 4 is 6.09 Å². The maximum atomic E-state index is 10.4. The third-order valence-electron chi connectivity index (χ3n) is 1.03. The number of aliphatic hydroxyl groups is 1. The Hall–Kier alpha value is -0.810. The zero-order chi connectivity index (χ0) is 8.69. The smallest absolute Gasteiger partial charge is 0.406 e. The molecule has 0 aliphatic heterocycles. The van der Waals surface area contributed by atoms with Gasteiger partial charge >= 0.3 is 6.09 Å². The number of carbonyl (C=O) groups excluding carboxylic acids is 1. The number of ether oxygens (including phenoxy) is 2. The summed E-state index contributed by atoms with van der Waals surface area (Å²) in [4.78, 5) is 10.4. The first-order chi connectivity index (χ1) is 5.20. The van der Waals surface area contributed by atoms with Crippen LogP contribution in [0.5, 0.6) is 0 Å². The lowest BCUT2D eigenvalue weighted by atomic mass is 10.4. The van der Waals surface area contributed by atoms with Crippen LogP contribution in [0, 0.1) is 0 Å². The van der Waals surface area contributed by atoms with E-state index in [0.717, 1.165) is 0 Å². The Morgan fingerprint density at radius 1 is 1.64 bits per heavy atom. The summed E-state index contributed by atoms with van der Waals surface area (Å²) in [6.45, 7) is 0.338. The number of hydrogen-bond donors (Lipinski definition) is 2. The Morgan fingerprint density at radius 2 is 2.27 bits per heavy atom. The number of rotatable bonds is 4. The van der Waals surface area contributed by atoms with E-state index in [2.05, 4.69) is 14.8 Å². The predicted octanol–water partition coefficient (Wildman–Crippen LogP) is -0.650. The summed E-state index contributed by atoms with van der Waals surface area (Å²) in [6.07, 6.45) is -1.24. The number of aliphatic hydroxyl groups excluding tert-OH is 1. The number of alkyl carbamates (subject to hydrolysis) is 1. The number of nitrogens with one attached hydrogen (secondary N) is 1. The van der Waals surface area contributed by atoms with Gasteiger partial charge in [-0.15, -0.1) is 0 Å². The summed E-state index contributed by atoms with van der Waals surface area (Å²) in [5.74, 6) is 0. The van der Waals surface area contributed by atoms with Crippen molar-refractivity contribution in [1.82, 2.24) is 5.32 Å². The minimum atomic E-state index is -0.681. The van der Waals surface area contributed by atoms with E-state index in [0.29, 0.717) is 0 Å². The van der Waals surface area contributed by atoms with Gasteiger partial charge in [0.1, 0.15) is 0 Å². The second-order valence-corrected chi connectivity index (χ2v) is 1.98. The molecule has 1 atom stereocenters. The molecule has 5 heteroatoms. The molecule has 0 rings (SSSR count). The zero-order valence-corrected chi connectivity index (χ0v) is 6.66. The zero-order valence-electron chi connectivity index (χ0n) is 6.66. The van der Waals surface area contributed by atoms with Crippen LogP contribution in [0.1, 0.15) is 0 Å². The van der Waals surface area contributed by atoms with Gasteiger partial charge in [-0.05, 0) is 0 Å². The van der Waals surface area contributed by atoms with Crippen LogP contribution < -0.4 is 5.32 Å². The normalized spacial score (nSPS) is 12.3. The minimum absolute atomic E-state index is 0.139. The molecule has 1 amide bonds. The second kappa shape index (κ2) is 5.94. The van der Waals surface area contributed by atoms with E-state index < -0.39 is 12.2 Å². The average Bonchev–Trinajstić information content (AvgIpc) is 2.01. The van der Waals surface area contributed by atoms with Gasteiger partial charge in [-0.25, -0.2) is 4.79 Å². The highest BCUT2D eigenvalue weighted by molar-refractivity contribution is 5.66. The van der Waals surface area contributed by atoms with Crippen LogP contribution in [-0.2, 0) is 9.47 Å². The first-order valence-electron chi connectivity index (χ1n) is 3.19. The van der Waals surface area contributed by atoms with Crippen molar-refractivity contribution < 1.29 is 19.4 Å². The maximum absolute atomic E-state index is 10.4. The van der Waals surface area contributed by atoms with Crippen molar-refractivity contribution in [3.8, 4) is 0 Å². The Morgan fingerprint density at radius 3 is 2.73 bits per heavy atom. The van der Waals surface area contributed by atoms with Gasteiger partial charge in [0.25, 0.3) is 0 Å². The van der Waals surface area contributed by atoms with Gasteiger partial charge in [-0.1, -0.05) is 0 Å². The molecule has 1 unspecified atom stereocenters.